The SMILES string of the molecule is CN(Cc1ccccc1)C1CCN(CC2CC3(CCNCC3)C(=O)O2)CC1.Cl.Cl. The molecule has 29 heavy (non-hydrogen) atoms. The van der Waals surface area contributed by atoms with Crippen LogP contribution in [-0.4, -0.2) is 67.7 Å². The van der Waals surface area contributed by atoms with E-state index in [-0.39, 0.29) is 42.3 Å². The van der Waals surface area contributed by atoms with Crippen LogP contribution >= 0.6 is 24.8 Å². The van der Waals surface area contributed by atoms with Crippen molar-refractivity contribution in [2.75, 3.05) is 39.8 Å². The van der Waals surface area contributed by atoms with Crippen LogP contribution < -0.4 is 5.32 Å². The molecule has 1 N–H and O–H groups in total. The van der Waals surface area contributed by atoms with Crippen molar-refractivity contribution in [1.82, 2.24) is 15.1 Å². The smallest absolute Gasteiger partial charge is 0.312 e. The number of esters is 1. The Hall–Kier alpha value is -0.850. The number of ether oxygens (including phenoxy) is 1. The van der Waals surface area contributed by atoms with Crippen molar-refractivity contribution in [3.05, 3.63) is 35.9 Å². The van der Waals surface area contributed by atoms with Crippen LogP contribution in [0.15, 0.2) is 30.3 Å². The number of likely N-dealkylation sites (tertiary alicyclic amines) is 1. The maximum atomic E-state index is 12.4. The van der Waals surface area contributed by atoms with Crippen molar-refractivity contribution in [2.45, 2.75) is 50.8 Å². The predicted molar refractivity (Wildman–Crippen MR) is 121 cm³/mol. The van der Waals surface area contributed by atoms with Crippen LogP contribution in [0.1, 0.15) is 37.7 Å². The lowest BCUT2D eigenvalue weighted by atomic mass is 9.76. The van der Waals surface area contributed by atoms with Crippen LogP contribution in [0.2, 0.25) is 0 Å². The number of hydrogen-bond donors (Lipinski definition) is 1. The predicted octanol–water partition coefficient (Wildman–Crippen LogP) is 3.11. The van der Waals surface area contributed by atoms with Gasteiger partial charge in [0.15, 0.2) is 0 Å². The summed E-state index contributed by atoms with van der Waals surface area (Å²) in [6.07, 6.45) is 5.28. The first kappa shape index (κ1) is 24.4. The van der Waals surface area contributed by atoms with Gasteiger partial charge in [-0.15, -0.1) is 24.8 Å². The van der Waals surface area contributed by atoms with E-state index in [1.165, 1.54) is 18.4 Å². The molecule has 7 heteroatoms. The number of halogens is 2. The Morgan fingerprint density at radius 2 is 1.79 bits per heavy atom. The van der Waals surface area contributed by atoms with Gasteiger partial charge in [0.25, 0.3) is 0 Å². The lowest BCUT2D eigenvalue weighted by Crippen LogP contribution is -2.45. The monoisotopic (exact) mass is 443 g/mol. The maximum Gasteiger partial charge on any atom is 0.312 e. The Morgan fingerprint density at radius 3 is 2.45 bits per heavy atom. The third-order valence-corrected chi connectivity index (χ3v) is 6.80. The highest BCUT2D eigenvalue weighted by atomic mass is 35.5. The van der Waals surface area contributed by atoms with Crippen LogP contribution in [0.4, 0.5) is 0 Å². The van der Waals surface area contributed by atoms with Gasteiger partial charge in [0.2, 0.25) is 0 Å². The molecule has 0 saturated carbocycles. The summed E-state index contributed by atoms with van der Waals surface area (Å²) in [5.41, 5.74) is 1.19. The average molecular weight is 444 g/mol. The molecule has 0 amide bonds. The summed E-state index contributed by atoms with van der Waals surface area (Å²) in [6.45, 7) is 6.03. The van der Waals surface area contributed by atoms with Gasteiger partial charge in [-0.1, -0.05) is 30.3 Å². The van der Waals surface area contributed by atoms with Gasteiger partial charge < -0.3 is 10.1 Å². The Labute approximate surface area is 187 Å². The van der Waals surface area contributed by atoms with E-state index in [9.17, 15) is 4.79 Å². The fourth-order valence-electron chi connectivity index (χ4n) is 5.08. The first-order valence-electron chi connectivity index (χ1n) is 10.5. The van der Waals surface area contributed by atoms with Crippen molar-refractivity contribution < 1.29 is 9.53 Å². The second-order valence-electron chi connectivity index (χ2n) is 8.69. The highest BCUT2D eigenvalue weighted by Gasteiger charge is 2.49. The first-order chi connectivity index (χ1) is 13.1. The number of nitrogens with zero attached hydrogens (tertiary/aromatic N) is 2. The highest BCUT2D eigenvalue weighted by molar-refractivity contribution is 5.85. The molecule has 0 bridgehead atoms. The van der Waals surface area contributed by atoms with Crippen molar-refractivity contribution in [1.29, 1.82) is 0 Å². The van der Waals surface area contributed by atoms with Crippen molar-refractivity contribution in [3.8, 4) is 0 Å². The molecular formula is C22H35Cl2N3O2. The minimum absolute atomic E-state index is 0. The zero-order valence-electron chi connectivity index (χ0n) is 17.3. The van der Waals surface area contributed by atoms with Gasteiger partial charge in [-0.05, 0) is 64.5 Å². The van der Waals surface area contributed by atoms with Gasteiger partial charge in [0.1, 0.15) is 6.10 Å². The summed E-state index contributed by atoms with van der Waals surface area (Å²) in [7, 11) is 2.24. The number of hydrogen-bond acceptors (Lipinski definition) is 5. The van der Waals surface area contributed by atoms with E-state index < -0.39 is 0 Å². The van der Waals surface area contributed by atoms with Gasteiger partial charge in [-0.3, -0.25) is 14.6 Å². The summed E-state index contributed by atoms with van der Waals surface area (Å²) < 4.78 is 5.79. The standard InChI is InChI=1S/C22H33N3O2.2ClH/c1-24(16-18-5-3-2-4-6-18)19-7-13-25(14-8-19)17-20-15-22(21(26)27-20)9-11-23-12-10-22;;/h2-6,19-20,23H,7-17H2,1H3;2*1H. The van der Waals surface area contributed by atoms with Gasteiger partial charge in [-0.2, -0.15) is 0 Å². The van der Waals surface area contributed by atoms with E-state index in [4.69, 9.17) is 4.74 Å². The topological polar surface area (TPSA) is 44.8 Å². The second kappa shape index (κ2) is 11.0. The van der Waals surface area contributed by atoms with Crippen LogP contribution in [-0.2, 0) is 16.1 Å². The van der Waals surface area contributed by atoms with Gasteiger partial charge in [-0.25, -0.2) is 0 Å². The Morgan fingerprint density at radius 1 is 1.14 bits per heavy atom. The fraction of sp³-hybridized carbons (Fsp3) is 0.682. The molecule has 1 spiro atoms. The van der Waals surface area contributed by atoms with Crippen molar-refractivity contribution in [2.24, 2.45) is 5.41 Å². The molecule has 164 valence electrons. The van der Waals surface area contributed by atoms with Crippen molar-refractivity contribution in [3.63, 3.8) is 0 Å². The lowest BCUT2D eigenvalue weighted by Gasteiger charge is -2.37. The molecule has 5 nitrogen and oxygen atoms in total. The molecule has 0 aliphatic carbocycles. The second-order valence-corrected chi connectivity index (χ2v) is 8.69. The minimum atomic E-state index is -0.190. The molecular weight excluding hydrogens is 409 g/mol. The van der Waals surface area contributed by atoms with E-state index in [2.05, 4.69) is 52.5 Å². The largest absolute Gasteiger partial charge is 0.461 e. The molecule has 3 saturated heterocycles. The van der Waals surface area contributed by atoms with E-state index in [1.807, 2.05) is 0 Å². The number of carbonyl (C=O) groups excluding carboxylic acids is 1. The fourth-order valence-corrected chi connectivity index (χ4v) is 5.08. The zero-order chi connectivity index (χ0) is 18.7. The number of carbonyl (C=O) groups is 1. The molecule has 1 atom stereocenters. The third kappa shape index (κ3) is 5.86. The summed E-state index contributed by atoms with van der Waals surface area (Å²) in [5, 5.41) is 3.36. The van der Waals surface area contributed by atoms with E-state index >= 15 is 0 Å². The summed E-state index contributed by atoms with van der Waals surface area (Å²) in [6, 6.07) is 11.4. The molecule has 3 fully saturated rings. The molecule has 0 aromatic heterocycles. The Bertz CT molecular complexity index is 632. The lowest BCUT2D eigenvalue weighted by molar-refractivity contribution is -0.150. The minimum Gasteiger partial charge on any atom is -0.461 e. The van der Waals surface area contributed by atoms with E-state index in [1.54, 1.807) is 0 Å². The molecule has 3 aliphatic heterocycles. The van der Waals surface area contributed by atoms with Gasteiger partial charge in [0.05, 0.1) is 5.41 Å². The number of cyclic esters (lactones) is 1. The van der Waals surface area contributed by atoms with Crippen molar-refractivity contribution >= 4 is 30.8 Å². The highest BCUT2D eigenvalue weighted by Crippen LogP contribution is 2.41. The van der Waals surface area contributed by atoms with Crippen LogP contribution in [0.5, 0.6) is 0 Å². The molecule has 3 aliphatic rings. The van der Waals surface area contributed by atoms with Gasteiger partial charge >= 0.3 is 5.97 Å². The zero-order valence-corrected chi connectivity index (χ0v) is 19.0. The molecule has 1 unspecified atom stereocenters. The third-order valence-electron chi connectivity index (χ3n) is 6.80. The number of rotatable bonds is 5. The number of nitrogens with one attached hydrogen (secondary N) is 1. The molecule has 3 heterocycles. The molecule has 0 radical (unpaired) electrons. The van der Waals surface area contributed by atoms with E-state index in [0.29, 0.717) is 6.04 Å². The molecule has 1 aromatic carbocycles. The maximum absolute atomic E-state index is 12.4. The van der Waals surface area contributed by atoms with Crippen LogP contribution in [0, 0.1) is 5.41 Å². The number of piperidine rings is 2. The average Bonchev–Trinajstić information content (AvgIpc) is 2.98. The van der Waals surface area contributed by atoms with Gasteiger partial charge in [0, 0.05) is 25.6 Å². The first-order valence-corrected chi connectivity index (χ1v) is 10.5. The summed E-state index contributed by atoms with van der Waals surface area (Å²) >= 11 is 0. The van der Waals surface area contributed by atoms with Crippen LogP contribution in [0.3, 0.4) is 0 Å². The Kier molecular flexibility index (Phi) is 9.23. The number of benzene rings is 1. The van der Waals surface area contributed by atoms with E-state index in [0.717, 1.165) is 58.5 Å². The summed E-state index contributed by atoms with van der Waals surface area (Å²) in [5.74, 6) is 0.0616. The molecule has 1 aromatic rings. The summed E-state index contributed by atoms with van der Waals surface area (Å²) in [4.78, 5) is 17.4. The quantitative estimate of drug-likeness (QED) is 0.708. The normalized spacial score (nSPS) is 24.8. The van der Waals surface area contributed by atoms with Crippen LogP contribution in [0.25, 0.3) is 0 Å². The Balaban J connectivity index is 0.00000150. The molecule has 4 rings (SSSR count).